The van der Waals surface area contributed by atoms with Crippen LogP contribution < -0.4 is 21.1 Å². The lowest BCUT2D eigenvalue weighted by molar-refractivity contribution is -0.192. The van der Waals surface area contributed by atoms with Gasteiger partial charge in [-0.05, 0) is 48.9 Å². The van der Waals surface area contributed by atoms with Gasteiger partial charge >= 0.3 is 18.3 Å². The predicted octanol–water partition coefficient (Wildman–Crippen LogP) is 4.39. The summed E-state index contributed by atoms with van der Waals surface area (Å²) in [6.45, 7) is 2.40. The number of amides is 2. The molecule has 6 N–H and O–H groups in total. The Kier molecular flexibility index (Phi) is 11.7. The van der Waals surface area contributed by atoms with E-state index in [2.05, 4.69) is 10.6 Å². The molecule has 1 aliphatic heterocycles. The third-order valence-electron chi connectivity index (χ3n) is 5.69. The van der Waals surface area contributed by atoms with Crippen molar-refractivity contribution in [3.05, 3.63) is 59.2 Å². The van der Waals surface area contributed by atoms with Gasteiger partial charge in [0.15, 0.2) is 0 Å². The fourth-order valence-electron chi connectivity index (χ4n) is 3.57. The third kappa shape index (κ3) is 10.9. The molecule has 42 heavy (non-hydrogen) atoms. The van der Waals surface area contributed by atoms with Crippen molar-refractivity contribution < 1.29 is 55.3 Å². The Bertz CT molecular complexity index is 1260. The van der Waals surface area contributed by atoms with Gasteiger partial charge in [0, 0.05) is 24.1 Å². The van der Waals surface area contributed by atoms with Crippen LogP contribution in [-0.4, -0.2) is 54.2 Å². The number of carboxylic acid groups (broad SMARTS) is 1. The maximum atomic E-state index is 13.7. The summed E-state index contributed by atoms with van der Waals surface area (Å²) in [5.41, 5.74) is 5.58. The Balaban J connectivity index is 0.000000782. The summed E-state index contributed by atoms with van der Waals surface area (Å²) >= 11 is 0. The third-order valence-corrected chi connectivity index (χ3v) is 5.69. The van der Waals surface area contributed by atoms with E-state index in [4.69, 9.17) is 30.5 Å². The first-order chi connectivity index (χ1) is 19.5. The molecule has 0 aliphatic carbocycles. The summed E-state index contributed by atoms with van der Waals surface area (Å²) in [6.07, 6.45) is -9.58. The first kappa shape index (κ1) is 33.9. The molecule has 230 valence electrons. The van der Waals surface area contributed by atoms with E-state index < -0.39 is 48.2 Å². The van der Waals surface area contributed by atoms with Crippen LogP contribution in [0.4, 0.5) is 32.0 Å². The molecule has 1 heterocycles. The maximum absolute atomic E-state index is 13.7. The zero-order valence-electron chi connectivity index (χ0n) is 22.1. The van der Waals surface area contributed by atoms with Gasteiger partial charge in [-0.15, -0.1) is 0 Å². The molecule has 16 heteroatoms. The largest absolute Gasteiger partial charge is 0.490 e. The van der Waals surface area contributed by atoms with Crippen molar-refractivity contribution in [3.8, 4) is 5.75 Å². The molecule has 3 rings (SSSR count). The summed E-state index contributed by atoms with van der Waals surface area (Å²) < 4.78 is 83.6. The van der Waals surface area contributed by atoms with Crippen LogP contribution in [0.25, 0.3) is 0 Å². The number of halogens is 6. The smallest absolute Gasteiger partial charge is 0.490 e. The second-order valence-corrected chi connectivity index (χ2v) is 8.99. The lowest BCUT2D eigenvalue weighted by Crippen LogP contribution is -2.30. The average molecular weight is 607 g/mol. The molecule has 1 saturated heterocycles. The number of rotatable bonds is 8. The van der Waals surface area contributed by atoms with Crippen LogP contribution in [0.15, 0.2) is 42.5 Å². The van der Waals surface area contributed by atoms with Crippen LogP contribution in [0.3, 0.4) is 0 Å². The number of alkyl halides is 6. The number of nitrogens with one attached hydrogen (secondary N) is 3. The molecule has 10 nitrogen and oxygen atoms in total. The highest BCUT2D eigenvalue weighted by atomic mass is 19.4. The summed E-state index contributed by atoms with van der Waals surface area (Å²) in [5.74, 6) is -4.38. The van der Waals surface area contributed by atoms with E-state index >= 15 is 0 Å². The van der Waals surface area contributed by atoms with E-state index in [0.29, 0.717) is 37.3 Å². The van der Waals surface area contributed by atoms with E-state index in [1.165, 1.54) is 31.2 Å². The monoisotopic (exact) mass is 606 g/mol. The second kappa shape index (κ2) is 14.5. The van der Waals surface area contributed by atoms with E-state index in [1.54, 1.807) is 12.1 Å². The predicted molar refractivity (Wildman–Crippen MR) is 137 cm³/mol. The second-order valence-electron chi connectivity index (χ2n) is 8.99. The van der Waals surface area contributed by atoms with E-state index in [9.17, 15) is 35.9 Å². The standard InChI is InChI=1S/C24H27F3N4O4.C2HF3O2/c1-14(30-21(32)13-22(33)31-17-5-2-15(3-6-17)23(28)29)16-4-7-20(19(12-16)24(25,26)27)35-18-8-10-34-11-9-18;3-2(4,5)1(6)7/h2-7,12,14,18H,8-11,13H2,1H3,(H3,28,29)(H,30,32)(H,31,33);(H,6,7). The minimum atomic E-state index is -5.08. The van der Waals surface area contributed by atoms with Crippen molar-refractivity contribution in [2.45, 2.75) is 50.7 Å². The highest BCUT2D eigenvalue weighted by molar-refractivity contribution is 6.04. The number of hydrogen-bond donors (Lipinski definition) is 5. The quantitative estimate of drug-likeness (QED) is 0.129. The number of amidine groups is 1. The highest BCUT2D eigenvalue weighted by Gasteiger charge is 2.38. The number of nitrogens with two attached hydrogens (primary N) is 1. The SMILES string of the molecule is CC(NC(=O)CC(=O)Nc1ccc(C(=N)N)cc1)c1ccc(OC2CCOCC2)c(C(F)(F)F)c1.O=C(O)C(F)(F)F. The fraction of sp³-hybridized carbons (Fsp3) is 0.385. The number of anilines is 1. The molecule has 1 atom stereocenters. The zero-order chi connectivity index (χ0) is 31.7. The van der Waals surface area contributed by atoms with Crippen molar-refractivity contribution in [1.82, 2.24) is 5.32 Å². The molecule has 0 bridgehead atoms. The van der Waals surface area contributed by atoms with Gasteiger partial charge in [0.1, 0.15) is 24.1 Å². The minimum absolute atomic E-state index is 0.117. The Hall–Kier alpha value is -4.34. The Morgan fingerprint density at radius 2 is 1.62 bits per heavy atom. The number of aliphatic carboxylic acids is 1. The first-order valence-corrected chi connectivity index (χ1v) is 12.3. The van der Waals surface area contributed by atoms with Gasteiger partial charge in [-0.1, -0.05) is 6.07 Å². The summed E-state index contributed by atoms with van der Waals surface area (Å²) in [7, 11) is 0. The van der Waals surface area contributed by atoms with Crippen molar-refractivity contribution >= 4 is 29.3 Å². The van der Waals surface area contributed by atoms with Crippen molar-refractivity contribution in [1.29, 1.82) is 5.41 Å². The first-order valence-electron chi connectivity index (χ1n) is 12.3. The number of ether oxygens (including phenoxy) is 2. The molecular weight excluding hydrogens is 578 g/mol. The highest BCUT2D eigenvalue weighted by Crippen LogP contribution is 2.38. The molecule has 0 radical (unpaired) electrons. The molecule has 0 aromatic heterocycles. The number of carbonyl (C=O) groups is 3. The van der Waals surface area contributed by atoms with Crippen LogP contribution >= 0.6 is 0 Å². The van der Waals surface area contributed by atoms with Crippen molar-refractivity contribution in [3.63, 3.8) is 0 Å². The van der Waals surface area contributed by atoms with Gasteiger partial charge in [-0.2, -0.15) is 26.3 Å². The molecule has 2 aromatic carbocycles. The normalized spacial score (nSPS) is 14.5. The summed E-state index contributed by atoms with van der Waals surface area (Å²) in [4.78, 5) is 33.4. The maximum Gasteiger partial charge on any atom is 0.490 e. The molecule has 2 aromatic rings. The Labute approximate surface area is 235 Å². The summed E-state index contributed by atoms with van der Waals surface area (Å²) in [5, 5.41) is 19.6. The molecular formula is C26H28F6N4O6. The van der Waals surface area contributed by atoms with E-state index in [-0.39, 0.29) is 23.3 Å². The van der Waals surface area contributed by atoms with Gasteiger partial charge < -0.3 is 30.9 Å². The number of hydrogen-bond acceptors (Lipinski definition) is 6. The van der Waals surface area contributed by atoms with Gasteiger partial charge in [-0.3, -0.25) is 15.0 Å². The van der Waals surface area contributed by atoms with Crippen LogP contribution in [0.5, 0.6) is 5.75 Å². The topological polar surface area (TPSA) is 164 Å². The summed E-state index contributed by atoms with van der Waals surface area (Å²) in [6, 6.07) is 9.08. The molecule has 1 unspecified atom stereocenters. The van der Waals surface area contributed by atoms with Gasteiger partial charge in [0.25, 0.3) is 0 Å². The van der Waals surface area contributed by atoms with E-state index in [1.807, 2.05) is 0 Å². The van der Waals surface area contributed by atoms with Gasteiger partial charge in [0.05, 0.1) is 24.8 Å². The Morgan fingerprint density at radius 1 is 1.05 bits per heavy atom. The zero-order valence-corrected chi connectivity index (χ0v) is 22.1. The van der Waals surface area contributed by atoms with Gasteiger partial charge in [-0.25, -0.2) is 4.79 Å². The molecule has 1 fully saturated rings. The molecule has 0 spiro atoms. The van der Waals surface area contributed by atoms with Gasteiger partial charge in [0.2, 0.25) is 11.8 Å². The molecule has 1 aliphatic rings. The van der Waals surface area contributed by atoms with Crippen molar-refractivity contribution in [2.75, 3.05) is 18.5 Å². The number of carbonyl (C=O) groups excluding carboxylic acids is 2. The lowest BCUT2D eigenvalue weighted by Gasteiger charge is -2.25. The molecule has 0 saturated carbocycles. The number of nitrogen functional groups attached to an aromatic ring is 1. The lowest BCUT2D eigenvalue weighted by atomic mass is 10.0. The molecule has 2 amide bonds. The van der Waals surface area contributed by atoms with Crippen molar-refractivity contribution in [2.24, 2.45) is 5.73 Å². The minimum Gasteiger partial charge on any atom is -0.490 e. The Morgan fingerprint density at radius 3 is 2.12 bits per heavy atom. The van der Waals surface area contributed by atoms with E-state index in [0.717, 1.165) is 6.07 Å². The van der Waals surface area contributed by atoms with Crippen LogP contribution in [0, 0.1) is 5.41 Å². The number of carboxylic acids is 1. The van der Waals surface area contributed by atoms with Crippen LogP contribution in [0.1, 0.15) is 48.9 Å². The van der Waals surface area contributed by atoms with Crippen LogP contribution in [-0.2, 0) is 25.3 Å². The fourth-order valence-corrected chi connectivity index (χ4v) is 3.57. The number of benzene rings is 2. The average Bonchev–Trinajstić information content (AvgIpc) is 2.88. The van der Waals surface area contributed by atoms with Crippen LogP contribution in [0.2, 0.25) is 0 Å².